The highest BCUT2D eigenvalue weighted by molar-refractivity contribution is 6.01. The van der Waals surface area contributed by atoms with E-state index in [0.717, 1.165) is 16.7 Å². The largest absolute Gasteiger partial charge is 0.486 e. The summed E-state index contributed by atoms with van der Waals surface area (Å²) >= 11 is 0. The fraction of sp³-hybridized carbons (Fsp3) is 0.231. The number of nitrogens with one attached hydrogen (secondary N) is 1. The first kappa shape index (κ1) is 20.1. The van der Waals surface area contributed by atoms with E-state index in [1.165, 1.54) is 0 Å². The van der Waals surface area contributed by atoms with E-state index in [9.17, 15) is 9.59 Å². The summed E-state index contributed by atoms with van der Waals surface area (Å²) in [6.07, 6.45) is 0. The number of carbonyl (C=O) groups is 2. The van der Waals surface area contributed by atoms with Crippen molar-refractivity contribution in [2.24, 2.45) is 0 Å². The van der Waals surface area contributed by atoms with Crippen molar-refractivity contribution in [2.75, 3.05) is 13.2 Å². The zero-order valence-electron chi connectivity index (χ0n) is 17.8. The third kappa shape index (κ3) is 3.68. The smallest absolute Gasteiger partial charge is 0.255 e. The Hall–Kier alpha value is -3.80. The van der Waals surface area contributed by atoms with Gasteiger partial charge in [0, 0.05) is 12.1 Å². The van der Waals surface area contributed by atoms with Crippen LogP contribution < -0.4 is 14.8 Å². The topological polar surface area (TPSA) is 67.9 Å². The Morgan fingerprint density at radius 2 is 1.62 bits per heavy atom. The zero-order chi connectivity index (χ0) is 22.1. The Morgan fingerprint density at radius 3 is 2.41 bits per heavy atom. The van der Waals surface area contributed by atoms with Crippen LogP contribution in [0.15, 0.2) is 72.8 Å². The zero-order valence-corrected chi connectivity index (χ0v) is 17.8. The maximum Gasteiger partial charge on any atom is 0.255 e. The minimum Gasteiger partial charge on any atom is -0.486 e. The van der Waals surface area contributed by atoms with Crippen molar-refractivity contribution in [1.29, 1.82) is 0 Å². The molecule has 2 aliphatic heterocycles. The molecule has 0 saturated heterocycles. The van der Waals surface area contributed by atoms with Gasteiger partial charge in [-0.1, -0.05) is 54.6 Å². The average molecular weight is 428 g/mol. The van der Waals surface area contributed by atoms with Crippen LogP contribution in [-0.2, 0) is 11.3 Å². The number of carbonyl (C=O) groups excluding carboxylic acids is 2. The first-order valence-corrected chi connectivity index (χ1v) is 10.8. The summed E-state index contributed by atoms with van der Waals surface area (Å²) in [5.41, 5.74) is 3.28. The lowest BCUT2D eigenvalue weighted by Crippen LogP contribution is -2.41. The van der Waals surface area contributed by atoms with Gasteiger partial charge in [0.1, 0.15) is 19.3 Å². The van der Waals surface area contributed by atoms with E-state index in [1.54, 1.807) is 4.90 Å². The molecule has 162 valence electrons. The third-order valence-electron chi connectivity index (χ3n) is 5.95. The minimum atomic E-state index is -0.726. The first-order valence-electron chi connectivity index (χ1n) is 10.8. The maximum absolute atomic E-state index is 13.5. The van der Waals surface area contributed by atoms with Crippen LogP contribution in [-0.4, -0.2) is 29.9 Å². The molecule has 0 spiro atoms. The Balaban J connectivity index is 1.41. The molecule has 2 heterocycles. The molecule has 2 amide bonds. The second-order valence-electron chi connectivity index (χ2n) is 8.04. The Bertz CT molecular complexity index is 1160. The third-order valence-corrected chi connectivity index (χ3v) is 5.95. The molecular formula is C26H24N2O4. The minimum absolute atomic E-state index is 0.128. The van der Waals surface area contributed by atoms with Gasteiger partial charge in [-0.15, -0.1) is 0 Å². The van der Waals surface area contributed by atoms with Crippen LogP contribution in [0.25, 0.3) is 0 Å². The summed E-state index contributed by atoms with van der Waals surface area (Å²) < 4.78 is 11.3. The molecule has 2 atom stereocenters. The molecule has 1 N–H and O–H groups in total. The fourth-order valence-electron chi connectivity index (χ4n) is 4.30. The quantitative estimate of drug-likeness (QED) is 0.666. The predicted molar refractivity (Wildman–Crippen MR) is 119 cm³/mol. The van der Waals surface area contributed by atoms with E-state index in [2.05, 4.69) is 5.32 Å². The Morgan fingerprint density at radius 1 is 0.906 bits per heavy atom. The highest BCUT2D eigenvalue weighted by Crippen LogP contribution is 2.34. The maximum atomic E-state index is 13.5. The molecule has 0 bridgehead atoms. The van der Waals surface area contributed by atoms with Crippen molar-refractivity contribution < 1.29 is 19.1 Å². The van der Waals surface area contributed by atoms with Crippen molar-refractivity contribution in [1.82, 2.24) is 10.2 Å². The van der Waals surface area contributed by atoms with Gasteiger partial charge < -0.3 is 19.7 Å². The number of benzene rings is 3. The second-order valence-corrected chi connectivity index (χ2v) is 8.04. The molecule has 3 aromatic rings. The molecule has 3 aromatic carbocycles. The molecule has 2 aliphatic rings. The van der Waals surface area contributed by atoms with Gasteiger partial charge in [0.2, 0.25) is 5.91 Å². The Kier molecular flexibility index (Phi) is 5.27. The van der Waals surface area contributed by atoms with Crippen molar-refractivity contribution in [3.05, 3.63) is 95.1 Å². The molecule has 0 aromatic heterocycles. The van der Waals surface area contributed by atoms with Crippen LogP contribution in [0.5, 0.6) is 11.5 Å². The SMILES string of the molecule is CC(NC(=O)C(c1ccccc1)N1Cc2ccccc2C1=O)c1ccc2c(c1)OCCO2. The molecule has 0 saturated carbocycles. The molecule has 6 heteroatoms. The van der Waals surface area contributed by atoms with E-state index in [-0.39, 0.29) is 17.9 Å². The van der Waals surface area contributed by atoms with Crippen LogP contribution in [0.4, 0.5) is 0 Å². The van der Waals surface area contributed by atoms with Crippen LogP contribution in [0.3, 0.4) is 0 Å². The fourth-order valence-corrected chi connectivity index (χ4v) is 4.30. The van der Waals surface area contributed by atoms with Gasteiger partial charge in [-0.05, 0) is 41.8 Å². The van der Waals surface area contributed by atoms with E-state index in [0.29, 0.717) is 36.8 Å². The highest BCUT2D eigenvalue weighted by Gasteiger charge is 2.37. The van der Waals surface area contributed by atoms with Crippen molar-refractivity contribution in [3.8, 4) is 11.5 Å². The highest BCUT2D eigenvalue weighted by atomic mass is 16.6. The van der Waals surface area contributed by atoms with Gasteiger partial charge in [-0.3, -0.25) is 9.59 Å². The molecular weight excluding hydrogens is 404 g/mol. The number of rotatable bonds is 5. The number of nitrogens with zero attached hydrogens (tertiary/aromatic N) is 1. The number of fused-ring (bicyclic) bond motifs is 2. The first-order chi connectivity index (χ1) is 15.6. The molecule has 0 radical (unpaired) electrons. The van der Waals surface area contributed by atoms with Crippen LogP contribution in [0.1, 0.15) is 46.1 Å². The van der Waals surface area contributed by atoms with Gasteiger partial charge in [0.05, 0.1) is 6.04 Å². The molecule has 6 nitrogen and oxygen atoms in total. The summed E-state index contributed by atoms with van der Waals surface area (Å²) in [6, 6.07) is 21.6. The van der Waals surface area contributed by atoms with Crippen molar-refractivity contribution in [2.45, 2.75) is 25.6 Å². The van der Waals surface area contributed by atoms with Gasteiger partial charge in [-0.25, -0.2) is 0 Å². The average Bonchev–Trinajstić information content (AvgIpc) is 3.15. The monoisotopic (exact) mass is 428 g/mol. The lowest BCUT2D eigenvalue weighted by atomic mass is 10.0. The summed E-state index contributed by atoms with van der Waals surface area (Å²) in [5, 5.41) is 3.10. The number of hydrogen-bond acceptors (Lipinski definition) is 4. The lowest BCUT2D eigenvalue weighted by molar-refractivity contribution is -0.126. The Labute approximate surface area is 186 Å². The van der Waals surface area contributed by atoms with Gasteiger partial charge in [0.15, 0.2) is 11.5 Å². The molecule has 32 heavy (non-hydrogen) atoms. The van der Waals surface area contributed by atoms with Crippen molar-refractivity contribution in [3.63, 3.8) is 0 Å². The lowest BCUT2D eigenvalue weighted by Gasteiger charge is -2.29. The summed E-state index contributed by atoms with van der Waals surface area (Å²) in [4.78, 5) is 28.3. The van der Waals surface area contributed by atoms with Crippen LogP contribution in [0, 0.1) is 0 Å². The van der Waals surface area contributed by atoms with Crippen LogP contribution in [0.2, 0.25) is 0 Å². The van der Waals surface area contributed by atoms with E-state index in [4.69, 9.17) is 9.47 Å². The standard InChI is InChI=1S/C26H24N2O4/c1-17(19-11-12-22-23(15-19)32-14-13-31-22)27-25(29)24(18-7-3-2-4-8-18)28-16-20-9-5-6-10-21(20)26(28)30/h2-12,15,17,24H,13-14,16H2,1H3,(H,27,29). The van der Waals surface area contributed by atoms with E-state index >= 15 is 0 Å². The predicted octanol–water partition coefficient (Wildman–Crippen LogP) is 4.03. The van der Waals surface area contributed by atoms with Gasteiger partial charge >= 0.3 is 0 Å². The van der Waals surface area contributed by atoms with Gasteiger partial charge in [-0.2, -0.15) is 0 Å². The summed E-state index contributed by atoms with van der Waals surface area (Å²) in [7, 11) is 0. The number of ether oxygens (including phenoxy) is 2. The van der Waals surface area contributed by atoms with Gasteiger partial charge in [0.25, 0.3) is 5.91 Å². The van der Waals surface area contributed by atoms with E-state index < -0.39 is 6.04 Å². The van der Waals surface area contributed by atoms with Crippen molar-refractivity contribution >= 4 is 11.8 Å². The van der Waals surface area contributed by atoms with Crippen LogP contribution >= 0.6 is 0 Å². The second kappa shape index (κ2) is 8.38. The molecule has 0 aliphatic carbocycles. The van der Waals surface area contributed by atoms with E-state index in [1.807, 2.05) is 79.7 Å². The summed E-state index contributed by atoms with van der Waals surface area (Å²) in [6.45, 7) is 3.36. The molecule has 2 unspecified atom stereocenters. The molecule has 5 rings (SSSR count). The molecule has 0 fully saturated rings. The number of amides is 2. The number of hydrogen-bond donors (Lipinski definition) is 1. The normalized spacial score (nSPS) is 16.3. The summed E-state index contributed by atoms with van der Waals surface area (Å²) in [5.74, 6) is 1.04.